The van der Waals surface area contributed by atoms with Crippen LogP contribution in [0.15, 0.2) is 18.2 Å². The minimum absolute atomic E-state index is 0.198. The van der Waals surface area contributed by atoms with Gasteiger partial charge in [0.1, 0.15) is 0 Å². The van der Waals surface area contributed by atoms with Gasteiger partial charge in [0.25, 0.3) is 0 Å². The van der Waals surface area contributed by atoms with Gasteiger partial charge >= 0.3 is 12.0 Å². The first kappa shape index (κ1) is 15.0. The highest BCUT2D eigenvalue weighted by Crippen LogP contribution is 2.16. The van der Waals surface area contributed by atoms with Crippen molar-refractivity contribution in [3.63, 3.8) is 0 Å². The zero-order valence-corrected chi connectivity index (χ0v) is 11.7. The molecule has 0 aromatic heterocycles. The number of carboxylic acid groups (broad SMARTS) is 1. The summed E-state index contributed by atoms with van der Waals surface area (Å²) in [6.07, 6.45) is 0. The number of hydrogen-bond donors (Lipinski definition) is 2. The van der Waals surface area contributed by atoms with Gasteiger partial charge in [-0.25, -0.2) is 9.59 Å². The number of carbonyl (C=O) groups excluding carboxylic acids is 1. The molecule has 0 saturated carbocycles. The van der Waals surface area contributed by atoms with Gasteiger partial charge in [0.05, 0.1) is 5.56 Å². The van der Waals surface area contributed by atoms with Gasteiger partial charge in [0, 0.05) is 19.3 Å². The summed E-state index contributed by atoms with van der Waals surface area (Å²) in [6, 6.07) is 4.61. The van der Waals surface area contributed by atoms with E-state index >= 15 is 0 Å². The molecule has 0 unspecified atom stereocenters. The van der Waals surface area contributed by atoms with Crippen LogP contribution in [0.25, 0.3) is 0 Å². The standard InChI is InChI=1S/C14H20N2O3/c1-9(2)8-16(4)14(19)15-11-6-5-10(3)12(7-11)13(17)18/h5-7,9H,8H2,1-4H3,(H,15,19)(H,17,18). The summed E-state index contributed by atoms with van der Waals surface area (Å²) in [6.45, 7) is 6.42. The van der Waals surface area contributed by atoms with E-state index in [1.54, 1.807) is 31.0 Å². The van der Waals surface area contributed by atoms with E-state index in [-0.39, 0.29) is 11.6 Å². The van der Waals surface area contributed by atoms with E-state index in [4.69, 9.17) is 5.11 Å². The molecule has 0 saturated heterocycles. The Morgan fingerprint density at radius 2 is 2.00 bits per heavy atom. The Bertz CT molecular complexity index is 484. The van der Waals surface area contributed by atoms with Gasteiger partial charge in [0.15, 0.2) is 0 Å². The molecule has 5 heteroatoms. The van der Waals surface area contributed by atoms with Crippen molar-refractivity contribution in [3.8, 4) is 0 Å². The maximum Gasteiger partial charge on any atom is 0.336 e. The van der Waals surface area contributed by atoms with Crippen molar-refractivity contribution in [2.45, 2.75) is 20.8 Å². The second-order valence-corrected chi connectivity index (χ2v) is 5.04. The molecular weight excluding hydrogens is 244 g/mol. The summed E-state index contributed by atoms with van der Waals surface area (Å²) in [4.78, 5) is 24.5. The van der Waals surface area contributed by atoms with Crippen LogP contribution >= 0.6 is 0 Å². The van der Waals surface area contributed by atoms with Gasteiger partial charge in [-0.1, -0.05) is 19.9 Å². The largest absolute Gasteiger partial charge is 0.478 e. The summed E-state index contributed by atoms with van der Waals surface area (Å²) in [7, 11) is 1.71. The second-order valence-electron chi connectivity index (χ2n) is 5.04. The van der Waals surface area contributed by atoms with Gasteiger partial charge in [-0.2, -0.15) is 0 Å². The molecule has 1 aromatic carbocycles. The molecule has 2 N–H and O–H groups in total. The van der Waals surface area contributed by atoms with Crippen LogP contribution in [0, 0.1) is 12.8 Å². The summed E-state index contributed by atoms with van der Waals surface area (Å²) < 4.78 is 0. The molecule has 19 heavy (non-hydrogen) atoms. The van der Waals surface area contributed by atoms with Crippen molar-refractivity contribution in [1.82, 2.24) is 4.90 Å². The van der Waals surface area contributed by atoms with Gasteiger partial charge in [-0.3, -0.25) is 0 Å². The van der Waals surface area contributed by atoms with Crippen molar-refractivity contribution in [2.75, 3.05) is 18.9 Å². The predicted molar refractivity (Wildman–Crippen MR) is 74.6 cm³/mol. The predicted octanol–water partition coefficient (Wildman–Crippen LogP) is 2.81. The summed E-state index contributed by atoms with van der Waals surface area (Å²) >= 11 is 0. The van der Waals surface area contributed by atoms with E-state index in [1.165, 1.54) is 6.07 Å². The number of amides is 2. The molecule has 0 heterocycles. The van der Waals surface area contributed by atoms with Crippen molar-refractivity contribution in [2.24, 2.45) is 5.92 Å². The third-order valence-electron chi connectivity index (χ3n) is 2.70. The Labute approximate surface area is 113 Å². The number of aromatic carboxylic acids is 1. The van der Waals surface area contributed by atoms with E-state index in [0.717, 1.165) is 0 Å². The smallest absolute Gasteiger partial charge is 0.336 e. The normalized spacial score (nSPS) is 10.4. The molecule has 104 valence electrons. The molecule has 0 radical (unpaired) electrons. The molecular formula is C14H20N2O3. The third kappa shape index (κ3) is 4.28. The molecule has 5 nitrogen and oxygen atoms in total. The first-order valence-corrected chi connectivity index (χ1v) is 6.17. The fourth-order valence-electron chi connectivity index (χ4n) is 1.78. The minimum atomic E-state index is -0.996. The molecule has 0 aliphatic heterocycles. The molecule has 1 rings (SSSR count). The zero-order chi connectivity index (χ0) is 14.6. The van der Waals surface area contributed by atoms with Gasteiger partial charge in [-0.15, -0.1) is 0 Å². The zero-order valence-electron chi connectivity index (χ0n) is 11.7. The lowest BCUT2D eigenvalue weighted by molar-refractivity contribution is 0.0696. The van der Waals surface area contributed by atoms with Crippen LogP contribution in [-0.2, 0) is 0 Å². The number of nitrogens with zero attached hydrogens (tertiary/aromatic N) is 1. The second kappa shape index (κ2) is 6.22. The Morgan fingerprint density at radius 3 is 2.53 bits per heavy atom. The molecule has 0 fully saturated rings. The highest BCUT2D eigenvalue weighted by atomic mass is 16.4. The molecule has 0 atom stereocenters. The summed E-state index contributed by atoms with van der Waals surface area (Å²) in [5, 5.41) is 11.7. The van der Waals surface area contributed by atoms with E-state index in [0.29, 0.717) is 23.7 Å². The van der Waals surface area contributed by atoms with E-state index < -0.39 is 5.97 Å². The minimum Gasteiger partial charge on any atom is -0.478 e. The van der Waals surface area contributed by atoms with Crippen LogP contribution in [0.4, 0.5) is 10.5 Å². The summed E-state index contributed by atoms with van der Waals surface area (Å²) in [5.41, 5.74) is 1.36. The fourth-order valence-corrected chi connectivity index (χ4v) is 1.78. The number of nitrogens with one attached hydrogen (secondary N) is 1. The average molecular weight is 264 g/mol. The fraction of sp³-hybridized carbons (Fsp3) is 0.429. The van der Waals surface area contributed by atoms with Crippen LogP contribution in [0.3, 0.4) is 0 Å². The van der Waals surface area contributed by atoms with Gasteiger partial charge in [-0.05, 0) is 30.5 Å². The number of urea groups is 1. The van der Waals surface area contributed by atoms with Crippen LogP contribution in [0.5, 0.6) is 0 Å². The SMILES string of the molecule is Cc1ccc(NC(=O)N(C)CC(C)C)cc1C(=O)O. The lowest BCUT2D eigenvalue weighted by atomic mass is 10.1. The summed E-state index contributed by atoms with van der Waals surface area (Å²) in [5.74, 6) is -0.618. The number of aryl methyl sites for hydroxylation is 1. The number of hydrogen-bond acceptors (Lipinski definition) is 2. The molecule has 1 aromatic rings. The lowest BCUT2D eigenvalue weighted by Crippen LogP contribution is -2.34. The topological polar surface area (TPSA) is 69.6 Å². The van der Waals surface area contributed by atoms with E-state index in [9.17, 15) is 9.59 Å². The molecule has 0 aliphatic rings. The molecule has 2 amide bonds. The first-order valence-electron chi connectivity index (χ1n) is 6.17. The lowest BCUT2D eigenvalue weighted by Gasteiger charge is -2.20. The van der Waals surface area contributed by atoms with E-state index in [1.807, 2.05) is 13.8 Å². The number of anilines is 1. The Morgan fingerprint density at radius 1 is 1.37 bits per heavy atom. The van der Waals surface area contributed by atoms with Crippen molar-refractivity contribution in [1.29, 1.82) is 0 Å². The van der Waals surface area contributed by atoms with Crippen LogP contribution < -0.4 is 5.32 Å². The van der Waals surface area contributed by atoms with Gasteiger partial charge in [0.2, 0.25) is 0 Å². The van der Waals surface area contributed by atoms with E-state index in [2.05, 4.69) is 5.32 Å². The van der Waals surface area contributed by atoms with Crippen molar-refractivity contribution in [3.05, 3.63) is 29.3 Å². The number of carboxylic acids is 1. The van der Waals surface area contributed by atoms with Crippen LogP contribution in [0.2, 0.25) is 0 Å². The Hall–Kier alpha value is -2.04. The van der Waals surface area contributed by atoms with Crippen molar-refractivity contribution >= 4 is 17.7 Å². The quantitative estimate of drug-likeness (QED) is 0.878. The van der Waals surface area contributed by atoms with Crippen LogP contribution in [0.1, 0.15) is 29.8 Å². The maximum absolute atomic E-state index is 11.9. The maximum atomic E-state index is 11.9. The highest BCUT2D eigenvalue weighted by molar-refractivity contribution is 5.94. The molecule has 0 aliphatic carbocycles. The Balaban J connectivity index is 2.80. The first-order chi connectivity index (χ1) is 8.81. The highest BCUT2D eigenvalue weighted by Gasteiger charge is 2.12. The van der Waals surface area contributed by atoms with Crippen molar-refractivity contribution < 1.29 is 14.7 Å². The number of rotatable bonds is 4. The molecule has 0 spiro atoms. The monoisotopic (exact) mass is 264 g/mol. The molecule has 0 bridgehead atoms. The van der Waals surface area contributed by atoms with Gasteiger partial charge < -0.3 is 15.3 Å². The Kier molecular flexibility index (Phi) is 4.92. The number of benzene rings is 1. The third-order valence-corrected chi connectivity index (χ3v) is 2.70. The van der Waals surface area contributed by atoms with Crippen LogP contribution in [-0.4, -0.2) is 35.6 Å². The number of carbonyl (C=O) groups is 2. The average Bonchev–Trinajstić information content (AvgIpc) is 2.30.